The first-order valence-corrected chi connectivity index (χ1v) is 6.90. The van der Waals surface area contributed by atoms with Crippen LogP contribution in [0.3, 0.4) is 0 Å². The molecular formula is C17H19NO. The molecule has 0 aliphatic carbocycles. The average molecular weight is 253 g/mol. The quantitative estimate of drug-likeness (QED) is 0.908. The van der Waals surface area contributed by atoms with E-state index in [1.165, 1.54) is 17.7 Å². The Kier molecular flexibility index (Phi) is 3.51. The highest BCUT2D eigenvalue weighted by Gasteiger charge is 2.19. The summed E-state index contributed by atoms with van der Waals surface area (Å²) in [7, 11) is 0. The highest BCUT2D eigenvalue weighted by molar-refractivity contribution is 5.55. The summed E-state index contributed by atoms with van der Waals surface area (Å²) in [6.07, 6.45) is 1.89. The Morgan fingerprint density at radius 1 is 1.00 bits per heavy atom. The molecule has 1 unspecified atom stereocenters. The summed E-state index contributed by atoms with van der Waals surface area (Å²) in [6.45, 7) is 1.70. The van der Waals surface area contributed by atoms with Crippen LogP contribution in [-0.4, -0.2) is 18.2 Å². The van der Waals surface area contributed by atoms with Crippen LogP contribution in [0.4, 0.5) is 5.69 Å². The maximum Gasteiger partial charge on any atom is 0.0964 e. The smallest absolute Gasteiger partial charge is 0.0964 e. The molecule has 0 bridgehead atoms. The van der Waals surface area contributed by atoms with Crippen LogP contribution in [0.5, 0.6) is 0 Å². The zero-order valence-corrected chi connectivity index (χ0v) is 11.0. The minimum atomic E-state index is -0.424. The number of anilines is 1. The number of aryl methyl sites for hydroxylation is 1. The van der Waals surface area contributed by atoms with Crippen molar-refractivity contribution in [3.8, 4) is 0 Å². The van der Waals surface area contributed by atoms with Crippen molar-refractivity contribution >= 4 is 5.69 Å². The number of hydrogen-bond acceptors (Lipinski definition) is 2. The van der Waals surface area contributed by atoms with E-state index in [0.29, 0.717) is 6.54 Å². The summed E-state index contributed by atoms with van der Waals surface area (Å²) in [5, 5.41) is 10.4. The number of aliphatic hydroxyl groups is 1. The van der Waals surface area contributed by atoms with Gasteiger partial charge in [-0.15, -0.1) is 0 Å². The summed E-state index contributed by atoms with van der Waals surface area (Å²) < 4.78 is 0. The zero-order valence-electron chi connectivity index (χ0n) is 11.0. The van der Waals surface area contributed by atoms with Crippen molar-refractivity contribution in [1.82, 2.24) is 0 Å². The molecule has 0 saturated carbocycles. The van der Waals surface area contributed by atoms with Crippen molar-refractivity contribution in [2.75, 3.05) is 18.0 Å². The van der Waals surface area contributed by atoms with E-state index >= 15 is 0 Å². The molecule has 1 aliphatic rings. The van der Waals surface area contributed by atoms with Crippen molar-refractivity contribution in [3.63, 3.8) is 0 Å². The lowest BCUT2D eigenvalue weighted by atomic mass is 10.0. The van der Waals surface area contributed by atoms with Gasteiger partial charge in [0, 0.05) is 18.8 Å². The van der Waals surface area contributed by atoms with E-state index in [-0.39, 0.29) is 0 Å². The molecule has 2 nitrogen and oxygen atoms in total. The van der Waals surface area contributed by atoms with Gasteiger partial charge in [0.1, 0.15) is 0 Å². The van der Waals surface area contributed by atoms with Gasteiger partial charge >= 0.3 is 0 Å². The van der Waals surface area contributed by atoms with Gasteiger partial charge in [-0.1, -0.05) is 48.5 Å². The molecule has 3 rings (SSSR count). The van der Waals surface area contributed by atoms with Crippen molar-refractivity contribution in [3.05, 3.63) is 65.7 Å². The van der Waals surface area contributed by atoms with Gasteiger partial charge in [-0.2, -0.15) is 0 Å². The minimum Gasteiger partial charge on any atom is -0.387 e. The van der Waals surface area contributed by atoms with Gasteiger partial charge < -0.3 is 10.0 Å². The fourth-order valence-electron chi connectivity index (χ4n) is 2.79. The summed E-state index contributed by atoms with van der Waals surface area (Å²) in [5.41, 5.74) is 3.67. The van der Waals surface area contributed by atoms with E-state index in [9.17, 15) is 5.11 Å². The average Bonchev–Trinajstić information content (AvgIpc) is 2.48. The number of hydrogen-bond donors (Lipinski definition) is 1. The fraction of sp³-hybridized carbons (Fsp3) is 0.294. The fourth-order valence-corrected chi connectivity index (χ4v) is 2.79. The SMILES string of the molecule is OC(CN1CCCc2ccccc21)c1ccccc1. The van der Waals surface area contributed by atoms with E-state index in [1.807, 2.05) is 30.3 Å². The van der Waals surface area contributed by atoms with E-state index in [2.05, 4.69) is 29.2 Å². The van der Waals surface area contributed by atoms with Crippen LogP contribution >= 0.6 is 0 Å². The molecule has 0 amide bonds. The number of β-amino-alcohol motifs (C(OH)–C–C–N with tert-alkyl or cyclic N) is 1. The lowest BCUT2D eigenvalue weighted by molar-refractivity contribution is 0.183. The van der Waals surface area contributed by atoms with Gasteiger partial charge in [0.15, 0.2) is 0 Å². The molecular weight excluding hydrogens is 234 g/mol. The first kappa shape index (κ1) is 12.2. The Hall–Kier alpha value is -1.80. The predicted octanol–water partition coefficient (Wildman–Crippen LogP) is 3.17. The summed E-state index contributed by atoms with van der Waals surface area (Å²) >= 11 is 0. The van der Waals surface area contributed by atoms with Crippen LogP contribution in [0.1, 0.15) is 23.7 Å². The highest BCUT2D eigenvalue weighted by atomic mass is 16.3. The van der Waals surface area contributed by atoms with Crippen molar-refractivity contribution in [2.24, 2.45) is 0 Å². The second kappa shape index (κ2) is 5.45. The molecule has 0 spiro atoms. The van der Waals surface area contributed by atoms with Crippen molar-refractivity contribution in [2.45, 2.75) is 18.9 Å². The lowest BCUT2D eigenvalue weighted by Gasteiger charge is -2.33. The van der Waals surface area contributed by atoms with Gasteiger partial charge in [-0.05, 0) is 30.0 Å². The molecule has 1 N–H and O–H groups in total. The molecule has 0 radical (unpaired) electrons. The molecule has 0 saturated heterocycles. The van der Waals surface area contributed by atoms with E-state index in [1.54, 1.807) is 0 Å². The second-order valence-electron chi connectivity index (χ2n) is 5.10. The van der Waals surface area contributed by atoms with Crippen LogP contribution in [0.15, 0.2) is 54.6 Å². The normalized spacial score (nSPS) is 15.9. The predicted molar refractivity (Wildman–Crippen MR) is 78.4 cm³/mol. The van der Waals surface area contributed by atoms with Crippen molar-refractivity contribution in [1.29, 1.82) is 0 Å². The molecule has 2 aromatic rings. The van der Waals surface area contributed by atoms with E-state index < -0.39 is 6.10 Å². The summed E-state index contributed by atoms with van der Waals surface area (Å²) in [5.74, 6) is 0. The Balaban J connectivity index is 1.78. The van der Waals surface area contributed by atoms with Crippen LogP contribution < -0.4 is 4.90 Å². The molecule has 2 aromatic carbocycles. The molecule has 98 valence electrons. The third-order valence-corrected chi connectivity index (χ3v) is 3.78. The number of fused-ring (bicyclic) bond motifs is 1. The molecule has 19 heavy (non-hydrogen) atoms. The van der Waals surface area contributed by atoms with Crippen LogP contribution in [-0.2, 0) is 6.42 Å². The monoisotopic (exact) mass is 253 g/mol. The number of benzene rings is 2. The third-order valence-electron chi connectivity index (χ3n) is 3.78. The van der Waals surface area contributed by atoms with E-state index in [0.717, 1.165) is 18.5 Å². The Bertz CT molecular complexity index is 538. The van der Waals surface area contributed by atoms with E-state index in [4.69, 9.17) is 0 Å². The van der Waals surface area contributed by atoms with Gasteiger partial charge in [0.25, 0.3) is 0 Å². The zero-order chi connectivity index (χ0) is 13.1. The largest absolute Gasteiger partial charge is 0.387 e. The standard InChI is InChI=1S/C17H19NO/c19-17(15-8-2-1-3-9-15)13-18-12-6-10-14-7-4-5-11-16(14)18/h1-5,7-9,11,17,19H,6,10,12-13H2. The number of para-hydroxylation sites is 1. The van der Waals surface area contributed by atoms with Gasteiger partial charge in [0.2, 0.25) is 0 Å². The van der Waals surface area contributed by atoms with Crippen LogP contribution in [0.25, 0.3) is 0 Å². The van der Waals surface area contributed by atoms with Crippen LogP contribution in [0, 0.1) is 0 Å². The third kappa shape index (κ3) is 2.64. The van der Waals surface area contributed by atoms with Gasteiger partial charge in [-0.25, -0.2) is 0 Å². The second-order valence-corrected chi connectivity index (χ2v) is 5.10. The highest BCUT2D eigenvalue weighted by Crippen LogP contribution is 2.28. The summed E-state index contributed by atoms with van der Waals surface area (Å²) in [4.78, 5) is 2.30. The van der Waals surface area contributed by atoms with Crippen LogP contribution in [0.2, 0.25) is 0 Å². The maximum atomic E-state index is 10.4. The van der Waals surface area contributed by atoms with Gasteiger partial charge in [0.05, 0.1) is 6.10 Å². The molecule has 2 heteroatoms. The minimum absolute atomic E-state index is 0.424. The number of rotatable bonds is 3. The molecule has 1 heterocycles. The number of aliphatic hydroxyl groups excluding tert-OH is 1. The molecule has 1 aliphatic heterocycles. The molecule has 0 fully saturated rings. The lowest BCUT2D eigenvalue weighted by Crippen LogP contribution is -2.33. The Morgan fingerprint density at radius 3 is 2.58 bits per heavy atom. The summed E-state index contributed by atoms with van der Waals surface area (Å²) in [6, 6.07) is 18.4. The molecule has 1 atom stereocenters. The first-order valence-electron chi connectivity index (χ1n) is 6.90. The maximum absolute atomic E-state index is 10.4. The first-order chi connectivity index (χ1) is 9.34. The Morgan fingerprint density at radius 2 is 1.74 bits per heavy atom. The van der Waals surface area contributed by atoms with Crippen molar-refractivity contribution < 1.29 is 5.11 Å². The van der Waals surface area contributed by atoms with Gasteiger partial charge in [-0.3, -0.25) is 0 Å². The Labute approximate surface area is 114 Å². The molecule has 0 aromatic heterocycles. The number of nitrogens with zero attached hydrogens (tertiary/aromatic N) is 1. The topological polar surface area (TPSA) is 23.5 Å².